The van der Waals surface area contributed by atoms with Crippen LogP contribution in [0.3, 0.4) is 0 Å². The molecule has 0 saturated carbocycles. The first-order chi connectivity index (χ1) is 8.19. The van der Waals surface area contributed by atoms with Crippen molar-refractivity contribution in [1.29, 1.82) is 0 Å². The lowest BCUT2D eigenvalue weighted by Gasteiger charge is -2.24. The SMILES string of the molecule is CCN(CCC(=O)N(C)NC)c1ccccc1. The number of para-hydroxylation sites is 1. The molecule has 0 fully saturated rings. The maximum absolute atomic E-state index is 11.7. The van der Waals surface area contributed by atoms with Crippen LogP contribution >= 0.6 is 0 Å². The van der Waals surface area contributed by atoms with Crippen molar-refractivity contribution < 1.29 is 4.79 Å². The Morgan fingerprint density at radius 1 is 1.29 bits per heavy atom. The molecule has 0 aromatic heterocycles. The summed E-state index contributed by atoms with van der Waals surface area (Å²) in [5, 5.41) is 1.51. The largest absolute Gasteiger partial charge is 0.371 e. The summed E-state index contributed by atoms with van der Waals surface area (Å²) in [5.74, 6) is 0.0990. The summed E-state index contributed by atoms with van der Waals surface area (Å²) in [6.07, 6.45) is 0.514. The molecular weight excluding hydrogens is 214 g/mol. The summed E-state index contributed by atoms with van der Waals surface area (Å²) in [6, 6.07) is 10.2. The number of carbonyl (C=O) groups is 1. The molecule has 94 valence electrons. The van der Waals surface area contributed by atoms with E-state index in [0.717, 1.165) is 18.8 Å². The highest BCUT2D eigenvalue weighted by molar-refractivity contribution is 5.76. The van der Waals surface area contributed by atoms with Crippen molar-refractivity contribution in [3.63, 3.8) is 0 Å². The molecule has 0 spiro atoms. The van der Waals surface area contributed by atoms with Crippen LogP contribution in [0.2, 0.25) is 0 Å². The first-order valence-electron chi connectivity index (χ1n) is 5.93. The van der Waals surface area contributed by atoms with Gasteiger partial charge in [0.05, 0.1) is 0 Å². The van der Waals surface area contributed by atoms with E-state index in [0.29, 0.717) is 6.42 Å². The van der Waals surface area contributed by atoms with Crippen LogP contribution < -0.4 is 10.3 Å². The fourth-order valence-electron chi connectivity index (χ4n) is 1.63. The summed E-state index contributed by atoms with van der Waals surface area (Å²) in [5.41, 5.74) is 3.97. The smallest absolute Gasteiger partial charge is 0.238 e. The third-order valence-electron chi connectivity index (χ3n) is 2.81. The van der Waals surface area contributed by atoms with E-state index in [1.807, 2.05) is 18.2 Å². The number of hydrazine groups is 1. The molecule has 0 saturated heterocycles. The molecule has 0 heterocycles. The monoisotopic (exact) mass is 235 g/mol. The van der Waals surface area contributed by atoms with Crippen molar-refractivity contribution in [2.75, 3.05) is 32.1 Å². The molecule has 0 atom stereocenters. The topological polar surface area (TPSA) is 35.6 Å². The van der Waals surface area contributed by atoms with E-state index in [2.05, 4.69) is 29.4 Å². The first kappa shape index (κ1) is 13.5. The Morgan fingerprint density at radius 2 is 1.94 bits per heavy atom. The van der Waals surface area contributed by atoms with Gasteiger partial charge in [-0.1, -0.05) is 18.2 Å². The molecule has 1 rings (SSSR count). The van der Waals surface area contributed by atoms with Crippen LogP contribution in [-0.2, 0) is 4.79 Å². The average molecular weight is 235 g/mol. The van der Waals surface area contributed by atoms with Gasteiger partial charge in [0.25, 0.3) is 0 Å². The molecule has 4 nitrogen and oxygen atoms in total. The Hall–Kier alpha value is -1.55. The Labute approximate surface area is 103 Å². The van der Waals surface area contributed by atoms with E-state index in [-0.39, 0.29) is 5.91 Å². The summed E-state index contributed by atoms with van der Waals surface area (Å²) < 4.78 is 0. The highest BCUT2D eigenvalue weighted by Crippen LogP contribution is 2.13. The van der Waals surface area contributed by atoms with Crippen LogP contribution in [0, 0.1) is 0 Å². The standard InChI is InChI=1S/C13H21N3O/c1-4-16(12-8-6-5-7-9-12)11-10-13(17)15(3)14-2/h5-9,14H,4,10-11H2,1-3H3. The Morgan fingerprint density at radius 3 is 2.47 bits per heavy atom. The van der Waals surface area contributed by atoms with Gasteiger partial charge in [-0.15, -0.1) is 0 Å². The first-order valence-corrected chi connectivity index (χ1v) is 5.93. The minimum absolute atomic E-state index is 0.0990. The fraction of sp³-hybridized carbons (Fsp3) is 0.462. The van der Waals surface area contributed by atoms with E-state index in [1.165, 1.54) is 5.01 Å². The molecule has 0 bridgehead atoms. The number of nitrogens with one attached hydrogen (secondary N) is 1. The normalized spacial score (nSPS) is 10.1. The molecular formula is C13H21N3O. The van der Waals surface area contributed by atoms with E-state index in [1.54, 1.807) is 14.1 Å². The Bertz CT molecular complexity index is 340. The molecule has 1 amide bonds. The lowest BCUT2D eigenvalue weighted by Crippen LogP contribution is -2.38. The number of nitrogens with zero attached hydrogens (tertiary/aromatic N) is 2. The maximum Gasteiger partial charge on any atom is 0.238 e. The Kier molecular flexibility index (Phi) is 5.49. The third kappa shape index (κ3) is 4.07. The van der Waals surface area contributed by atoms with Gasteiger partial charge in [0.2, 0.25) is 5.91 Å². The minimum atomic E-state index is 0.0990. The van der Waals surface area contributed by atoms with Gasteiger partial charge in [-0.2, -0.15) is 0 Å². The number of anilines is 1. The number of hydrogen-bond acceptors (Lipinski definition) is 3. The van der Waals surface area contributed by atoms with Gasteiger partial charge in [-0.05, 0) is 19.1 Å². The summed E-state index contributed by atoms with van der Waals surface area (Å²) in [7, 11) is 3.48. The predicted molar refractivity (Wildman–Crippen MR) is 70.8 cm³/mol. The molecule has 4 heteroatoms. The molecule has 1 aromatic carbocycles. The van der Waals surface area contributed by atoms with Crippen LogP contribution in [0.25, 0.3) is 0 Å². The maximum atomic E-state index is 11.7. The highest BCUT2D eigenvalue weighted by Gasteiger charge is 2.09. The second kappa shape index (κ2) is 6.91. The predicted octanol–water partition coefficient (Wildman–Crippen LogP) is 1.50. The zero-order valence-electron chi connectivity index (χ0n) is 10.8. The van der Waals surface area contributed by atoms with Gasteiger partial charge in [-0.25, -0.2) is 5.43 Å². The van der Waals surface area contributed by atoms with Crippen molar-refractivity contribution in [2.24, 2.45) is 0 Å². The van der Waals surface area contributed by atoms with Crippen molar-refractivity contribution in [3.05, 3.63) is 30.3 Å². The van der Waals surface area contributed by atoms with Gasteiger partial charge in [-0.3, -0.25) is 9.80 Å². The third-order valence-corrected chi connectivity index (χ3v) is 2.81. The summed E-state index contributed by atoms with van der Waals surface area (Å²) in [6.45, 7) is 3.74. The number of carbonyl (C=O) groups excluding carboxylic acids is 1. The van der Waals surface area contributed by atoms with Gasteiger partial charge in [0.15, 0.2) is 0 Å². The van der Waals surface area contributed by atoms with Crippen molar-refractivity contribution >= 4 is 11.6 Å². The van der Waals surface area contributed by atoms with Crippen LogP contribution in [0.1, 0.15) is 13.3 Å². The van der Waals surface area contributed by atoms with Gasteiger partial charge < -0.3 is 4.90 Å². The zero-order valence-corrected chi connectivity index (χ0v) is 10.8. The van der Waals surface area contributed by atoms with Gasteiger partial charge in [0.1, 0.15) is 0 Å². The van der Waals surface area contributed by atoms with Crippen molar-refractivity contribution in [2.45, 2.75) is 13.3 Å². The molecule has 1 aromatic rings. The van der Waals surface area contributed by atoms with E-state index < -0.39 is 0 Å². The molecule has 0 radical (unpaired) electrons. The molecule has 0 unspecified atom stereocenters. The number of rotatable bonds is 6. The number of benzene rings is 1. The van der Waals surface area contributed by atoms with E-state index in [4.69, 9.17) is 0 Å². The number of hydrogen-bond donors (Lipinski definition) is 1. The van der Waals surface area contributed by atoms with E-state index in [9.17, 15) is 4.79 Å². The second-order valence-corrected chi connectivity index (χ2v) is 3.84. The van der Waals surface area contributed by atoms with Gasteiger partial charge >= 0.3 is 0 Å². The molecule has 0 aliphatic carbocycles. The lowest BCUT2D eigenvalue weighted by atomic mass is 10.2. The van der Waals surface area contributed by atoms with Crippen molar-refractivity contribution in [3.8, 4) is 0 Å². The molecule has 0 aliphatic heterocycles. The van der Waals surface area contributed by atoms with Gasteiger partial charge in [0, 0.05) is 39.3 Å². The Balaban J connectivity index is 2.51. The van der Waals surface area contributed by atoms with Crippen molar-refractivity contribution in [1.82, 2.24) is 10.4 Å². The quantitative estimate of drug-likeness (QED) is 0.759. The fourth-order valence-corrected chi connectivity index (χ4v) is 1.63. The van der Waals surface area contributed by atoms with E-state index >= 15 is 0 Å². The zero-order chi connectivity index (χ0) is 12.7. The lowest BCUT2D eigenvalue weighted by molar-refractivity contribution is -0.132. The highest BCUT2D eigenvalue weighted by atomic mass is 16.2. The van der Waals surface area contributed by atoms with Crippen LogP contribution in [0.15, 0.2) is 30.3 Å². The van der Waals surface area contributed by atoms with Crippen LogP contribution in [-0.4, -0.2) is 38.1 Å². The van der Waals surface area contributed by atoms with Crippen LogP contribution in [0.4, 0.5) is 5.69 Å². The summed E-state index contributed by atoms with van der Waals surface area (Å²) >= 11 is 0. The number of amides is 1. The summed E-state index contributed by atoms with van der Waals surface area (Å²) in [4.78, 5) is 13.9. The van der Waals surface area contributed by atoms with Crippen LogP contribution in [0.5, 0.6) is 0 Å². The molecule has 1 N–H and O–H groups in total. The minimum Gasteiger partial charge on any atom is -0.371 e. The molecule has 17 heavy (non-hydrogen) atoms. The molecule has 0 aliphatic rings. The second-order valence-electron chi connectivity index (χ2n) is 3.84. The average Bonchev–Trinajstić information content (AvgIpc) is 2.39.